The van der Waals surface area contributed by atoms with E-state index in [-0.39, 0.29) is 5.54 Å². The lowest BCUT2D eigenvalue weighted by Gasteiger charge is -2.16. The molecule has 2 aliphatic rings. The maximum atomic E-state index is 6.13. The Kier molecular flexibility index (Phi) is 2.72. The molecule has 86 valence electrons. The molecule has 0 bridgehead atoms. The van der Waals surface area contributed by atoms with Gasteiger partial charge in [-0.2, -0.15) is 0 Å². The van der Waals surface area contributed by atoms with Crippen LogP contribution < -0.4 is 5.73 Å². The van der Waals surface area contributed by atoms with Crippen LogP contribution in [-0.4, -0.2) is 11.3 Å². The predicted octanol–water partition coefficient (Wildman–Crippen LogP) is 3.15. The van der Waals surface area contributed by atoms with Gasteiger partial charge in [0.1, 0.15) is 0 Å². The zero-order chi connectivity index (χ0) is 11.0. The first kappa shape index (κ1) is 10.7. The first-order chi connectivity index (χ1) is 7.75. The van der Waals surface area contributed by atoms with Gasteiger partial charge < -0.3 is 5.73 Å². The second-order valence-corrected chi connectivity index (χ2v) is 6.39. The van der Waals surface area contributed by atoms with Gasteiger partial charge in [0.05, 0.1) is 0 Å². The Morgan fingerprint density at radius 1 is 1.31 bits per heavy atom. The number of rotatable bonds is 3. The molecule has 1 aliphatic carbocycles. The minimum Gasteiger partial charge on any atom is -0.325 e. The fraction of sp³-hybridized carbons (Fsp3) is 0.571. The number of hydrogen-bond donors (Lipinski definition) is 1. The third-order valence-corrected chi connectivity index (χ3v) is 4.97. The van der Waals surface area contributed by atoms with E-state index < -0.39 is 0 Å². The molecule has 2 heteroatoms. The molecular formula is C14H19NS. The molecule has 1 saturated carbocycles. The lowest BCUT2D eigenvalue weighted by molar-refractivity contribution is 0.608. The van der Waals surface area contributed by atoms with Crippen molar-refractivity contribution in [3.63, 3.8) is 0 Å². The minimum atomic E-state index is 0.197. The van der Waals surface area contributed by atoms with Gasteiger partial charge in [0.15, 0.2) is 0 Å². The van der Waals surface area contributed by atoms with Crippen molar-refractivity contribution < 1.29 is 0 Å². The summed E-state index contributed by atoms with van der Waals surface area (Å²) >= 11 is 2.02. The summed E-state index contributed by atoms with van der Waals surface area (Å²) in [5.74, 6) is 1.29. The average molecular weight is 233 g/mol. The smallest absolute Gasteiger partial charge is 0.0158 e. The highest BCUT2D eigenvalue weighted by Crippen LogP contribution is 2.37. The van der Waals surface area contributed by atoms with E-state index in [2.05, 4.69) is 18.2 Å². The Hall–Kier alpha value is -0.470. The maximum Gasteiger partial charge on any atom is 0.0158 e. The summed E-state index contributed by atoms with van der Waals surface area (Å²) in [5.41, 5.74) is 9.35. The molecule has 1 fully saturated rings. The van der Waals surface area contributed by atoms with Crippen molar-refractivity contribution in [3.8, 4) is 0 Å². The largest absolute Gasteiger partial charge is 0.325 e. The molecule has 1 aromatic carbocycles. The summed E-state index contributed by atoms with van der Waals surface area (Å²) < 4.78 is 0. The average Bonchev–Trinajstić information content (AvgIpc) is 3.05. The van der Waals surface area contributed by atoms with E-state index >= 15 is 0 Å². The van der Waals surface area contributed by atoms with Crippen molar-refractivity contribution in [1.29, 1.82) is 0 Å². The Bertz CT molecular complexity index is 396. The van der Waals surface area contributed by atoms with Gasteiger partial charge in [-0.1, -0.05) is 12.1 Å². The van der Waals surface area contributed by atoms with Crippen LogP contribution in [0.5, 0.6) is 0 Å². The summed E-state index contributed by atoms with van der Waals surface area (Å²) in [7, 11) is 0. The molecule has 0 amide bonds. The van der Waals surface area contributed by atoms with Crippen LogP contribution >= 0.6 is 11.8 Å². The molecule has 0 aromatic heterocycles. The molecular weight excluding hydrogens is 214 g/mol. The number of benzene rings is 1. The third kappa shape index (κ3) is 2.28. The van der Waals surface area contributed by atoms with Crippen LogP contribution in [0.3, 0.4) is 0 Å². The van der Waals surface area contributed by atoms with Crippen molar-refractivity contribution >= 4 is 11.8 Å². The van der Waals surface area contributed by atoms with Gasteiger partial charge in [-0.05, 0) is 61.5 Å². The van der Waals surface area contributed by atoms with Crippen molar-refractivity contribution in [1.82, 2.24) is 0 Å². The second kappa shape index (κ2) is 4.08. The molecule has 0 unspecified atom stereocenters. The molecule has 1 heterocycles. The Morgan fingerprint density at radius 3 is 3.00 bits per heavy atom. The highest BCUT2D eigenvalue weighted by molar-refractivity contribution is 7.99. The monoisotopic (exact) mass is 233 g/mol. The lowest BCUT2D eigenvalue weighted by Crippen LogP contribution is -2.22. The summed E-state index contributed by atoms with van der Waals surface area (Å²) in [4.78, 5) is 1.52. The van der Waals surface area contributed by atoms with Gasteiger partial charge in [-0.3, -0.25) is 0 Å². The Balaban J connectivity index is 1.70. The normalized spacial score (nSPS) is 21.6. The molecule has 1 aliphatic heterocycles. The minimum absolute atomic E-state index is 0.197. The van der Waals surface area contributed by atoms with Gasteiger partial charge in [0.25, 0.3) is 0 Å². The van der Waals surface area contributed by atoms with E-state index in [1.54, 1.807) is 5.56 Å². The van der Waals surface area contributed by atoms with E-state index in [0.29, 0.717) is 0 Å². The summed E-state index contributed by atoms with van der Waals surface area (Å²) in [5, 5.41) is 0. The standard InChI is InChI=1S/C14H19NS/c15-14(7-8-14)6-5-11-3-4-12-2-1-9-16-13(12)10-11/h3-4,10H,1-2,5-9,15H2. The van der Waals surface area contributed by atoms with Gasteiger partial charge >= 0.3 is 0 Å². The first-order valence-corrected chi connectivity index (χ1v) is 7.27. The van der Waals surface area contributed by atoms with Crippen LogP contribution in [0, 0.1) is 0 Å². The molecule has 16 heavy (non-hydrogen) atoms. The van der Waals surface area contributed by atoms with Gasteiger partial charge in [-0.15, -0.1) is 11.8 Å². The summed E-state index contributed by atoms with van der Waals surface area (Å²) in [6.07, 6.45) is 7.38. The van der Waals surface area contributed by atoms with E-state index in [4.69, 9.17) is 5.73 Å². The topological polar surface area (TPSA) is 26.0 Å². The van der Waals surface area contributed by atoms with Gasteiger partial charge in [0, 0.05) is 10.4 Å². The molecule has 1 nitrogen and oxygen atoms in total. The third-order valence-electron chi connectivity index (χ3n) is 3.78. The van der Waals surface area contributed by atoms with Crippen LogP contribution in [-0.2, 0) is 12.8 Å². The number of thioether (sulfide) groups is 1. The van der Waals surface area contributed by atoms with E-state index in [0.717, 1.165) is 12.8 Å². The zero-order valence-corrected chi connectivity index (χ0v) is 10.5. The van der Waals surface area contributed by atoms with Crippen molar-refractivity contribution in [2.45, 2.75) is 49.0 Å². The number of aryl methyl sites for hydroxylation is 2. The van der Waals surface area contributed by atoms with Crippen LogP contribution in [0.15, 0.2) is 23.1 Å². The first-order valence-electron chi connectivity index (χ1n) is 6.29. The van der Waals surface area contributed by atoms with Gasteiger partial charge in [0.2, 0.25) is 0 Å². The van der Waals surface area contributed by atoms with Crippen molar-refractivity contribution in [3.05, 3.63) is 29.3 Å². The van der Waals surface area contributed by atoms with Crippen molar-refractivity contribution in [2.75, 3.05) is 5.75 Å². The van der Waals surface area contributed by atoms with Crippen LogP contribution in [0.2, 0.25) is 0 Å². The molecule has 1 aromatic rings. The molecule has 2 N–H and O–H groups in total. The van der Waals surface area contributed by atoms with Crippen LogP contribution in [0.1, 0.15) is 36.8 Å². The molecule has 0 radical (unpaired) electrons. The Labute approximate surface area is 102 Å². The predicted molar refractivity (Wildman–Crippen MR) is 70.0 cm³/mol. The molecule has 0 spiro atoms. The van der Waals surface area contributed by atoms with Crippen LogP contribution in [0.4, 0.5) is 0 Å². The second-order valence-electron chi connectivity index (χ2n) is 5.26. The number of hydrogen-bond acceptors (Lipinski definition) is 2. The molecule has 0 atom stereocenters. The quantitative estimate of drug-likeness (QED) is 0.868. The molecule has 0 saturated heterocycles. The highest BCUT2D eigenvalue weighted by Gasteiger charge is 2.37. The highest BCUT2D eigenvalue weighted by atomic mass is 32.2. The fourth-order valence-corrected chi connectivity index (χ4v) is 3.44. The Morgan fingerprint density at radius 2 is 2.19 bits per heavy atom. The summed E-state index contributed by atoms with van der Waals surface area (Å²) in [6, 6.07) is 7.02. The zero-order valence-electron chi connectivity index (χ0n) is 9.67. The maximum absolute atomic E-state index is 6.13. The van der Waals surface area contributed by atoms with E-state index in [1.807, 2.05) is 11.8 Å². The van der Waals surface area contributed by atoms with Crippen molar-refractivity contribution in [2.24, 2.45) is 5.73 Å². The van der Waals surface area contributed by atoms with E-state index in [9.17, 15) is 0 Å². The summed E-state index contributed by atoms with van der Waals surface area (Å²) in [6.45, 7) is 0. The molecule has 3 rings (SSSR count). The number of fused-ring (bicyclic) bond motifs is 1. The fourth-order valence-electron chi connectivity index (χ4n) is 2.34. The van der Waals surface area contributed by atoms with Gasteiger partial charge in [-0.25, -0.2) is 0 Å². The van der Waals surface area contributed by atoms with E-state index in [1.165, 1.54) is 41.9 Å². The number of nitrogens with two attached hydrogens (primary N) is 1. The SMILES string of the molecule is NC1(CCc2ccc3c(c2)SCCC3)CC1. The van der Waals surface area contributed by atoms with Crippen LogP contribution in [0.25, 0.3) is 0 Å². The lowest BCUT2D eigenvalue weighted by atomic mass is 10.0.